The van der Waals surface area contributed by atoms with Crippen LogP contribution >= 0.6 is 0 Å². The monoisotopic (exact) mass is 206 g/mol. The lowest BCUT2D eigenvalue weighted by atomic mass is 9.96. The van der Waals surface area contributed by atoms with Gasteiger partial charge in [0.05, 0.1) is 6.10 Å². The van der Waals surface area contributed by atoms with E-state index in [0.717, 1.165) is 49.0 Å². The Morgan fingerprint density at radius 3 is 2.60 bits per heavy atom. The van der Waals surface area contributed by atoms with Gasteiger partial charge in [-0.15, -0.1) is 0 Å². The molecule has 0 saturated heterocycles. The highest BCUT2D eigenvalue weighted by atomic mass is 19.1. The molecule has 0 amide bonds. The van der Waals surface area contributed by atoms with Crippen molar-refractivity contribution in [3.8, 4) is 5.75 Å². The maximum absolute atomic E-state index is 13.4. The average Bonchev–Trinajstić information content (AvgIpc) is 2.63. The molecule has 1 aromatic carbocycles. The summed E-state index contributed by atoms with van der Waals surface area (Å²) in [5.74, 6) is 0.886. The van der Waals surface area contributed by atoms with Crippen molar-refractivity contribution in [2.75, 3.05) is 0 Å². The minimum atomic E-state index is -0.0524. The Hall–Kier alpha value is -1.05. The molecule has 15 heavy (non-hydrogen) atoms. The fourth-order valence-corrected chi connectivity index (χ4v) is 2.41. The Morgan fingerprint density at radius 1 is 1.07 bits per heavy atom. The van der Waals surface area contributed by atoms with Crippen LogP contribution < -0.4 is 4.74 Å². The topological polar surface area (TPSA) is 9.23 Å². The fourth-order valence-electron chi connectivity index (χ4n) is 2.41. The van der Waals surface area contributed by atoms with Crippen LogP contribution in [0.2, 0.25) is 0 Å². The van der Waals surface area contributed by atoms with Gasteiger partial charge in [-0.3, -0.25) is 0 Å². The minimum Gasteiger partial charge on any atom is -0.490 e. The van der Waals surface area contributed by atoms with Gasteiger partial charge in [-0.05, 0) is 56.2 Å². The quantitative estimate of drug-likeness (QED) is 0.721. The molecule has 1 nitrogen and oxygen atoms in total. The largest absolute Gasteiger partial charge is 0.490 e. The molecule has 0 aliphatic heterocycles. The van der Waals surface area contributed by atoms with Gasteiger partial charge in [0.15, 0.2) is 0 Å². The predicted octanol–water partition coefficient (Wildman–Crippen LogP) is 3.25. The molecule has 0 atom stereocenters. The second-order valence-electron chi connectivity index (χ2n) is 4.53. The zero-order valence-corrected chi connectivity index (χ0v) is 8.76. The molecule has 0 bridgehead atoms. The highest BCUT2D eigenvalue weighted by Crippen LogP contribution is 2.35. The van der Waals surface area contributed by atoms with Gasteiger partial charge in [0.1, 0.15) is 11.6 Å². The molecule has 2 aliphatic carbocycles. The van der Waals surface area contributed by atoms with Gasteiger partial charge in [0, 0.05) is 5.56 Å². The van der Waals surface area contributed by atoms with E-state index >= 15 is 0 Å². The first kappa shape index (κ1) is 9.20. The summed E-state index contributed by atoms with van der Waals surface area (Å²) in [4.78, 5) is 0. The number of benzene rings is 1. The summed E-state index contributed by atoms with van der Waals surface area (Å²) in [5.41, 5.74) is 2.02. The first-order valence-electron chi connectivity index (χ1n) is 5.81. The van der Waals surface area contributed by atoms with Crippen LogP contribution in [0.4, 0.5) is 4.39 Å². The summed E-state index contributed by atoms with van der Waals surface area (Å²) in [6.07, 6.45) is 6.90. The van der Waals surface area contributed by atoms with E-state index in [1.165, 1.54) is 6.42 Å². The molecule has 2 heteroatoms. The predicted molar refractivity (Wildman–Crippen MR) is 56.7 cm³/mol. The van der Waals surface area contributed by atoms with Crippen LogP contribution in [0.1, 0.15) is 36.8 Å². The molecule has 0 unspecified atom stereocenters. The van der Waals surface area contributed by atoms with Gasteiger partial charge in [0.25, 0.3) is 0 Å². The first-order chi connectivity index (χ1) is 7.34. The molecule has 2 aliphatic rings. The van der Waals surface area contributed by atoms with Gasteiger partial charge in [-0.1, -0.05) is 0 Å². The van der Waals surface area contributed by atoms with Crippen molar-refractivity contribution in [2.45, 2.75) is 44.6 Å². The lowest BCUT2D eigenvalue weighted by molar-refractivity contribution is 0.119. The summed E-state index contributed by atoms with van der Waals surface area (Å²) in [6.45, 7) is 0. The summed E-state index contributed by atoms with van der Waals surface area (Å²) >= 11 is 0. The van der Waals surface area contributed by atoms with E-state index in [-0.39, 0.29) is 5.82 Å². The number of fused-ring (bicyclic) bond motifs is 1. The smallest absolute Gasteiger partial charge is 0.126 e. The van der Waals surface area contributed by atoms with E-state index in [4.69, 9.17) is 4.74 Å². The highest BCUT2D eigenvalue weighted by Gasteiger charge is 2.24. The van der Waals surface area contributed by atoms with Crippen molar-refractivity contribution in [3.63, 3.8) is 0 Å². The zero-order chi connectivity index (χ0) is 10.3. The zero-order valence-electron chi connectivity index (χ0n) is 8.76. The SMILES string of the molecule is Fc1ccc(OC2CCC2)c2c1CCC2. The number of ether oxygens (including phenoxy) is 1. The first-order valence-corrected chi connectivity index (χ1v) is 5.81. The molecule has 0 spiro atoms. The van der Waals surface area contributed by atoms with E-state index in [0.29, 0.717) is 6.10 Å². The Labute approximate surface area is 89.3 Å². The van der Waals surface area contributed by atoms with E-state index in [9.17, 15) is 4.39 Å². The van der Waals surface area contributed by atoms with E-state index in [1.807, 2.05) is 0 Å². The summed E-state index contributed by atoms with van der Waals surface area (Å²) in [5, 5.41) is 0. The van der Waals surface area contributed by atoms with Crippen LogP contribution in [0.3, 0.4) is 0 Å². The van der Waals surface area contributed by atoms with Crippen LogP contribution in [0.5, 0.6) is 5.75 Å². The molecule has 0 radical (unpaired) electrons. The Morgan fingerprint density at radius 2 is 1.87 bits per heavy atom. The van der Waals surface area contributed by atoms with Crippen LogP contribution in [0.25, 0.3) is 0 Å². The van der Waals surface area contributed by atoms with Crippen LogP contribution in [0, 0.1) is 5.82 Å². The molecular formula is C13H15FO. The van der Waals surface area contributed by atoms with Crippen molar-refractivity contribution in [3.05, 3.63) is 29.1 Å². The molecular weight excluding hydrogens is 191 g/mol. The van der Waals surface area contributed by atoms with E-state index in [2.05, 4.69) is 0 Å². The molecule has 1 aromatic rings. The van der Waals surface area contributed by atoms with Crippen molar-refractivity contribution >= 4 is 0 Å². The standard InChI is InChI=1S/C13H15FO/c14-12-7-8-13(15-9-3-1-4-9)11-6-2-5-10(11)12/h7-9H,1-6H2. The molecule has 3 rings (SSSR count). The van der Waals surface area contributed by atoms with Crippen LogP contribution in [-0.4, -0.2) is 6.10 Å². The van der Waals surface area contributed by atoms with Crippen molar-refractivity contribution in [2.24, 2.45) is 0 Å². The maximum atomic E-state index is 13.4. The summed E-state index contributed by atoms with van der Waals surface area (Å²) in [6, 6.07) is 3.36. The van der Waals surface area contributed by atoms with Gasteiger partial charge < -0.3 is 4.74 Å². The van der Waals surface area contributed by atoms with E-state index in [1.54, 1.807) is 12.1 Å². The Kier molecular flexibility index (Phi) is 2.15. The van der Waals surface area contributed by atoms with Gasteiger partial charge in [-0.25, -0.2) is 4.39 Å². The number of rotatable bonds is 2. The molecule has 0 heterocycles. The number of hydrogen-bond donors (Lipinski definition) is 0. The number of halogens is 1. The van der Waals surface area contributed by atoms with Gasteiger partial charge in [0.2, 0.25) is 0 Å². The van der Waals surface area contributed by atoms with Crippen molar-refractivity contribution in [1.29, 1.82) is 0 Å². The normalized spacial score (nSPS) is 19.8. The summed E-state index contributed by atoms with van der Waals surface area (Å²) in [7, 11) is 0. The molecule has 1 fully saturated rings. The maximum Gasteiger partial charge on any atom is 0.126 e. The molecule has 80 valence electrons. The Balaban J connectivity index is 1.90. The van der Waals surface area contributed by atoms with Gasteiger partial charge in [-0.2, -0.15) is 0 Å². The molecule has 0 N–H and O–H groups in total. The lowest BCUT2D eigenvalue weighted by Crippen LogP contribution is -2.25. The Bertz CT molecular complexity index is 382. The van der Waals surface area contributed by atoms with E-state index < -0.39 is 0 Å². The van der Waals surface area contributed by atoms with Crippen molar-refractivity contribution in [1.82, 2.24) is 0 Å². The van der Waals surface area contributed by atoms with Crippen molar-refractivity contribution < 1.29 is 9.13 Å². The van der Waals surface area contributed by atoms with Crippen LogP contribution in [-0.2, 0) is 12.8 Å². The second kappa shape index (κ2) is 3.51. The molecule has 1 saturated carbocycles. The summed E-state index contributed by atoms with van der Waals surface area (Å²) < 4.78 is 19.3. The third kappa shape index (κ3) is 1.52. The average molecular weight is 206 g/mol. The van der Waals surface area contributed by atoms with Crippen LogP contribution in [0.15, 0.2) is 12.1 Å². The molecule has 0 aromatic heterocycles. The second-order valence-corrected chi connectivity index (χ2v) is 4.53. The fraction of sp³-hybridized carbons (Fsp3) is 0.538. The lowest BCUT2D eigenvalue weighted by Gasteiger charge is -2.27. The number of hydrogen-bond acceptors (Lipinski definition) is 1. The third-order valence-corrected chi connectivity index (χ3v) is 3.53. The third-order valence-electron chi connectivity index (χ3n) is 3.53. The van der Waals surface area contributed by atoms with Gasteiger partial charge >= 0.3 is 0 Å². The highest BCUT2D eigenvalue weighted by molar-refractivity contribution is 5.44. The minimum absolute atomic E-state index is 0.0524.